The second-order valence-electron chi connectivity index (χ2n) is 4.95. The third kappa shape index (κ3) is 3.02. The average molecular weight is 310 g/mol. The van der Waals surface area contributed by atoms with Crippen molar-refractivity contribution in [3.63, 3.8) is 0 Å². The van der Waals surface area contributed by atoms with Crippen LogP contribution in [-0.4, -0.2) is 38.1 Å². The van der Waals surface area contributed by atoms with E-state index < -0.39 is 0 Å². The minimum absolute atomic E-state index is 0.486. The number of rotatable bonds is 4. The predicted octanol–water partition coefficient (Wildman–Crippen LogP) is 1.73. The number of thioether (sulfide) groups is 1. The van der Waals surface area contributed by atoms with Gasteiger partial charge in [0.25, 0.3) is 0 Å². The summed E-state index contributed by atoms with van der Waals surface area (Å²) in [7, 11) is 2.05. The highest BCUT2D eigenvalue weighted by Crippen LogP contribution is 2.27. The van der Waals surface area contributed by atoms with Crippen LogP contribution >= 0.6 is 23.1 Å². The summed E-state index contributed by atoms with van der Waals surface area (Å²) >= 11 is 3.31. The molecule has 1 aliphatic heterocycles. The standard InChI is InChI=1S/C12H18N6S2/c1-8-14-15-10(20-8)7-19-12-17-16-11(18(12)2)9-4-3-5-13-6-9/h9,13H,3-7H2,1-2H3/t9-/m0/s1. The fourth-order valence-electron chi connectivity index (χ4n) is 2.40. The fourth-order valence-corrected chi connectivity index (χ4v) is 4.01. The minimum atomic E-state index is 0.486. The molecule has 0 bridgehead atoms. The summed E-state index contributed by atoms with van der Waals surface area (Å²) in [6.45, 7) is 4.10. The van der Waals surface area contributed by atoms with E-state index in [1.54, 1.807) is 23.1 Å². The van der Waals surface area contributed by atoms with Gasteiger partial charge in [-0.25, -0.2) is 0 Å². The van der Waals surface area contributed by atoms with Crippen LogP contribution in [0, 0.1) is 6.92 Å². The van der Waals surface area contributed by atoms with E-state index in [-0.39, 0.29) is 0 Å². The van der Waals surface area contributed by atoms with Crippen LogP contribution in [0.4, 0.5) is 0 Å². The molecular formula is C12H18N6S2. The van der Waals surface area contributed by atoms with Crippen LogP contribution in [0.15, 0.2) is 5.16 Å². The topological polar surface area (TPSA) is 68.5 Å². The third-order valence-corrected chi connectivity index (χ3v) is 5.48. The van der Waals surface area contributed by atoms with Crippen molar-refractivity contribution in [2.75, 3.05) is 13.1 Å². The third-order valence-electron chi connectivity index (χ3n) is 3.42. The zero-order chi connectivity index (χ0) is 13.9. The zero-order valence-corrected chi connectivity index (χ0v) is 13.3. The van der Waals surface area contributed by atoms with Crippen LogP contribution in [0.25, 0.3) is 0 Å². The Bertz CT molecular complexity index is 572. The molecule has 0 aliphatic carbocycles. The maximum absolute atomic E-state index is 4.38. The van der Waals surface area contributed by atoms with Gasteiger partial charge in [-0.3, -0.25) is 0 Å². The molecule has 0 amide bonds. The van der Waals surface area contributed by atoms with Gasteiger partial charge in [-0.15, -0.1) is 31.7 Å². The van der Waals surface area contributed by atoms with Crippen molar-refractivity contribution in [3.05, 3.63) is 15.8 Å². The largest absolute Gasteiger partial charge is 0.316 e. The fraction of sp³-hybridized carbons (Fsp3) is 0.667. The Morgan fingerprint density at radius 2 is 2.25 bits per heavy atom. The molecule has 1 atom stereocenters. The zero-order valence-electron chi connectivity index (χ0n) is 11.7. The highest BCUT2D eigenvalue weighted by Gasteiger charge is 2.21. The quantitative estimate of drug-likeness (QED) is 0.868. The van der Waals surface area contributed by atoms with Crippen molar-refractivity contribution in [2.24, 2.45) is 7.05 Å². The molecule has 2 aromatic rings. The second-order valence-corrected chi connectivity index (χ2v) is 7.16. The number of aryl methyl sites for hydroxylation is 1. The first-order valence-electron chi connectivity index (χ1n) is 6.76. The van der Waals surface area contributed by atoms with Crippen LogP contribution in [0.3, 0.4) is 0 Å². The van der Waals surface area contributed by atoms with E-state index in [0.717, 1.165) is 39.8 Å². The Kier molecular flexibility index (Phi) is 4.32. The Balaban J connectivity index is 1.66. The van der Waals surface area contributed by atoms with Gasteiger partial charge in [-0.1, -0.05) is 11.8 Å². The molecule has 1 aliphatic rings. The molecule has 2 aromatic heterocycles. The Morgan fingerprint density at radius 1 is 1.35 bits per heavy atom. The monoisotopic (exact) mass is 310 g/mol. The van der Waals surface area contributed by atoms with Crippen molar-refractivity contribution < 1.29 is 0 Å². The van der Waals surface area contributed by atoms with E-state index in [2.05, 4.69) is 37.3 Å². The molecule has 1 N–H and O–H groups in total. The molecule has 8 heteroatoms. The normalized spacial score (nSPS) is 19.4. The maximum atomic E-state index is 4.38. The van der Waals surface area contributed by atoms with Gasteiger partial charge in [0.2, 0.25) is 0 Å². The number of aromatic nitrogens is 5. The van der Waals surface area contributed by atoms with E-state index in [1.165, 1.54) is 12.8 Å². The second kappa shape index (κ2) is 6.19. The van der Waals surface area contributed by atoms with Crippen LogP contribution in [-0.2, 0) is 12.8 Å². The summed E-state index contributed by atoms with van der Waals surface area (Å²) in [5.74, 6) is 2.38. The van der Waals surface area contributed by atoms with Gasteiger partial charge in [-0.05, 0) is 26.3 Å². The lowest BCUT2D eigenvalue weighted by Crippen LogP contribution is -2.29. The SMILES string of the molecule is Cc1nnc(CSc2nnc([C@H]3CCCNC3)n2C)s1. The molecule has 0 radical (unpaired) electrons. The van der Waals surface area contributed by atoms with Crippen molar-refractivity contribution in [3.8, 4) is 0 Å². The Labute approximate surface area is 126 Å². The van der Waals surface area contributed by atoms with Gasteiger partial charge in [0.15, 0.2) is 5.16 Å². The maximum Gasteiger partial charge on any atom is 0.191 e. The van der Waals surface area contributed by atoms with Crippen molar-refractivity contribution in [1.29, 1.82) is 0 Å². The Hall–Kier alpha value is -0.990. The molecular weight excluding hydrogens is 292 g/mol. The smallest absolute Gasteiger partial charge is 0.191 e. The minimum Gasteiger partial charge on any atom is -0.316 e. The van der Waals surface area contributed by atoms with Gasteiger partial charge < -0.3 is 9.88 Å². The van der Waals surface area contributed by atoms with Crippen LogP contribution in [0.1, 0.15) is 34.6 Å². The molecule has 20 heavy (non-hydrogen) atoms. The molecule has 0 spiro atoms. The van der Waals surface area contributed by atoms with E-state index in [9.17, 15) is 0 Å². The molecule has 3 rings (SSSR count). The average Bonchev–Trinajstić information content (AvgIpc) is 3.04. The van der Waals surface area contributed by atoms with Crippen molar-refractivity contribution >= 4 is 23.1 Å². The summed E-state index contributed by atoms with van der Waals surface area (Å²) in [6, 6.07) is 0. The van der Waals surface area contributed by atoms with Gasteiger partial charge >= 0.3 is 0 Å². The summed E-state index contributed by atoms with van der Waals surface area (Å²) in [6.07, 6.45) is 2.41. The molecule has 6 nitrogen and oxygen atoms in total. The van der Waals surface area contributed by atoms with E-state index >= 15 is 0 Å². The Morgan fingerprint density at radius 3 is 2.95 bits per heavy atom. The summed E-state index contributed by atoms with van der Waals surface area (Å²) in [4.78, 5) is 0. The first-order valence-corrected chi connectivity index (χ1v) is 8.56. The number of nitrogens with one attached hydrogen (secondary N) is 1. The summed E-state index contributed by atoms with van der Waals surface area (Å²) in [5.41, 5.74) is 0. The number of hydrogen-bond donors (Lipinski definition) is 1. The van der Waals surface area contributed by atoms with Gasteiger partial charge in [0, 0.05) is 19.5 Å². The lowest BCUT2D eigenvalue weighted by atomic mass is 9.99. The van der Waals surface area contributed by atoms with Crippen molar-refractivity contribution in [2.45, 2.75) is 36.6 Å². The highest BCUT2D eigenvalue weighted by atomic mass is 32.2. The first-order chi connectivity index (χ1) is 9.74. The van der Waals surface area contributed by atoms with Crippen LogP contribution < -0.4 is 5.32 Å². The van der Waals surface area contributed by atoms with E-state index in [1.807, 2.05) is 6.92 Å². The number of hydrogen-bond acceptors (Lipinski definition) is 7. The highest BCUT2D eigenvalue weighted by molar-refractivity contribution is 7.98. The van der Waals surface area contributed by atoms with Gasteiger partial charge in [-0.2, -0.15) is 0 Å². The first kappa shape index (κ1) is 14.0. The van der Waals surface area contributed by atoms with E-state index in [0.29, 0.717) is 5.92 Å². The molecule has 108 valence electrons. The van der Waals surface area contributed by atoms with Crippen LogP contribution in [0.2, 0.25) is 0 Å². The molecule has 1 fully saturated rings. The molecule has 0 unspecified atom stereocenters. The van der Waals surface area contributed by atoms with Crippen LogP contribution in [0.5, 0.6) is 0 Å². The molecule has 1 saturated heterocycles. The van der Waals surface area contributed by atoms with E-state index in [4.69, 9.17) is 0 Å². The summed E-state index contributed by atoms with van der Waals surface area (Å²) in [5, 5.41) is 23.3. The number of piperidine rings is 1. The van der Waals surface area contributed by atoms with Gasteiger partial charge in [0.05, 0.1) is 5.75 Å². The van der Waals surface area contributed by atoms with Crippen molar-refractivity contribution in [1.82, 2.24) is 30.3 Å². The molecule has 3 heterocycles. The molecule has 0 saturated carbocycles. The predicted molar refractivity (Wildman–Crippen MR) is 80.1 cm³/mol. The number of nitrogens with zero attached hydrogens (tertiary/aromatic N) is 5. The molecule has 0 aromatic carbocycles. The van der Waals surface area contributed by atoms with Gasteiger partial charge in [0.1, 0.15) is 15.8 Å². The lowest BCUT2D eigenvalue weighted by Gasteiger charge is -2.21. The lowest BCUT2D eigenvalue weighted by molar-refractivity contribution is 0.436. The summed E-state index contributed by atoms with van der Waals surface area (Å²) < 4.78 is 2.12.